The van der Waals surface area contributed by atoms with Crippen molar-refractivity contribution < 1.29 is 9.53 Å². The topological polar surface area (TPSA) is 64.3 Å². The van der Waals surface area contributed by atoms with Crippen LogP contribution < -0.4 is 11.1 Å². The minimum Gasteiger partial charge on any atom is -0.365 e. The number of amides is 1. The maximum atomic E-state index is 11.6. The van der Waals surface area contributed by atoms with Crippen molar-refractivity contribution in [2.24, 2.45) is 11.7 Å². The molecule has 1 aliphatic rings. The summed E-state index contributed by atoms with van der Waals surface area (Å²) in [7, 11) is 0. The molecular formula is C11H22N2O2. The Hall–Kier alpha value is -0.610. The molecule has 0 aromatic rings. The van der Waals surface area contributed by atoms with E-state index in [1.165, 1.54) is 0 Å². The standard InChI is InChI=1S/C11H22N2O2/c1-8(5-6-12)7-13-11(14)10-4-3-9(2)15-10/h8-10H,3-7,12H2,1-2H3,(H,13,14). The molecule has 1 heterocycles. The molecule has 3 N–H and O–H groups in total. The van der Waals surface area contributed by atoms with Gasteiger partial charge >= 0.3 is 0 Å². The van der Waals surface area contributed by atoms with E-state index in [0.29, 0.717) is 19.0 Å². The Labute approximate surface area is 91.5 Å². The molecule has 88 valence electrons. The highest BCUT2D eigenvalue weighted by Gasteiger charge is 2.27. The highest BCUT2D eigenvalue weighted by Crippen LogP contribution is 2.18. The first-order valence-corrected chi connectivity index (χ1v) is 5.76. The lowest BCUT2D eigenvalue weighted by Crippen LogP contribution is -2.37. The van der Waals surface area contributed by atoms with Gasteiger partial charge in [0.25, 0.3) is 0 Å². The molecule has 4 nitrogen and oxygen atoms in total. The Morgan fingerprint density at radius 2 is 2.33 bits per heavy atom. The third-order valence-corrected chi connectivity index (χ3v) is 2.81. The summed E-state index contributed by atoms with van der Waals surface area (Å²) in [5, 5.41) is 2.91. The van der Waals surface area contributed by atoms with Crippen molar-refractivity contribution >= 4 is 5.91 Å². The van der Waals surface area contributed by atoms with Crippen LogP contribution in [0.4, 0.5) is 0 Å². The molecule has 1 aliphatic heterocycles. The normalized spacial score (nSPS) is 27.7. The zero-order valence-corrected chi connectivity index (χ0v) is 9.66. The molecule has 3 atom stereocenters. The number of hydrogen-bond donors (Lipinski definition) is 2. The van der Waals surface area contributed by atoms with Crippen molar-refractivity contribution in [2.45, 2.75) is 45.3 Å². The SMILES string of the molecule is CC(CCN)CNC(=O)C1CCC(C)O1. The molecule has 1 saturated heterocycles. The Morgan fingerprint density at radius 3 is 2.87 bits per heavy atom. The Kier molecular flexibility index (Phi) is 5.05. The van der Waals surface area contributed by atoms with Gasteiger partial charge in [-0.15, -0.1) is 0 Å². The maximum Gasteiger partial charge on any atom is 0.249 e. The number of rotatable bonds is 5. The van der Waals surface area contributed by atoms with Crippen molar-refractivity contribution in [1.82, 2.24) is 5.32 Å². The van der Waals surface area contributed by atoms with Gasteiger partial charge in [-0.3, -0.25) is 4.79 Å². The van der Waals surface area contributed by atoms with E-state index in [1.54, 1.807) is 0 Å². The quantitative estimate of drug-likeness (QED) is 0.706. The van der Waals surface area contributed by atoms with Crippen molar-refractivity contribution in [1.29, 1.82) is 0 Å². The average molecular weight is 214 g/mol. The van der Waals surface area contributed by atoms with Crippen LogP contribution in [0, 0.1) is 5.92 Å². The smallest absolute Gasteiger partial charge is 0.249 e. The number of carbonyl (C=O) groups is 1. The molecule has 1 fully saturated rings. The van der Waals surface area contributed by atoms with Gasteiger partial charge in [-0.2, -0.15) is 0 Å². The van der Waals surface area contributed by atoms with Crippen LogP contribution in [0.2, 0.25) is 0 Å². The number of hydrogen-bond acceptors (Lipinski definition) is 3. The second-order valence-electron chi connectivity index (χ2n) is 4.44. The Bertz CT molecular complexity index is 209. The van der Waals surface area contributed by atoms with E-state index >= 15 is 0 Å². The van der Waals surface area contributed by atoms with Crippen molar-refractivity contribution in [2.75, 3.05) is 13.1 Å². The molecular weight excluding hydrogens is 192 g/mol. The largest absolute Gasteiger partial charge is 0.365 e. The minimum atomic E-state index is -0.231. The van der Waals surface area contributed by atoms with Gasteiger partial charge in [0.05, 0.1) is 6.10 Å². The fourth-order valence-electron chi connectivity index (χ4n) is 1.77. The van der Waals surface area contributed by atoms with Crippen LogP contribution in [0.5, 0.6) is 0 Å². The lowest BCUT2D eigenvalue weighted by molar-refractivity contribution is -0.131. The summed E-state index contributed by atoms with van der Waals surface area (Å²) >= 11 is 0. The van der Waals surface area contributed by atoms with Crippen LogP contribution >= 0.6 is 0 Å². The molecule has 0 aliphatic carbocycles. The third-order valence-electron chi connectivity index (χ3n) is 2.81. The van der Waals surface area contributed by atoms with Crippen molar-refractivity contribution in [3.05, 3.63) is 0 Å². The van der Waals surface area contributed by atoms with Gasteiger partial charge in [0.2, 0.25) is 5.91 Å². The number of nitrogens with two attached hydrogens (primary N) is 1. The van der Waals surface area contributed by atoms with E-state index in [4.69, 9.17) is 10.5 Å². The van der Waals surface area contributed by atoms with Crippen LogP contribution in [0.25, 0.3) is 0 Å². The number of ether oxygens (including phenoxy) is 1. The predicted octanol–water partition coefficient (Wildman–Crippen LogP) is 0.655. The summed E-state index contributed by atoms with van der Waals surface area (Å²) in [5.74, 6) is 0.473. The van der Waals surface area contributed by atoms with E-state index in [0.717, 1.165) is 19.3 Å². The van der Waals surface area contributed by atoms with Crippen molar-refractivity contribution in [3.8, 4) is 0 Å². The molecule has 15 heavy (non-hydrogen) atoms. The van der Waals surface area contributed by atoms with Gasteiger partial charge in [-0.1, -0.05) is 6.92 Å². The Balaban J connectivity index is 2.18. The van der Waals surface area contributed by atoms with Gasteiger partial charge in [0, 0.05) is 6.54 Å². The number of carbonyl (C=O) groups excluding carboxylic acids is 1. The van der Waals surface area contributed by atoms with Crippen LogP contribution in [0.1, 0.15) is 33.1 Å². The van der Waals surface area contributed by atoms with Crippen molar-refractivity contribution in [3.63, 3.8) is 0 Å². The second kappa shape index (κ2) is 6.08. The molecule has 0 aromatic carbocycles. The van der Waals surface area contributed by atoms with E-state index in [9.17, 15) is 4.79 Å². The first-order valence-electron chi connectivity index (χ1n) is 5.76. The van der Waals surface area contributed by atoms with E-state index in [2.05, 4.69) is 12.2 Å². The Morgan fingerprint density at radius 1 is 1.60 bits per heavy atom. The van der Waals surface area contributed by atoms with Gasteiger partial charge in [-0.05, 0) is 38.6 Å². The van der Waals surface area contributed by atoms with E-state index in [-0.39, 0.29) is 18.1 Å². The molecule has 0 saturated carbocycles. The average Bonchev–Trinajstić information content (AvgIpc) is 2.62. The second-order valence-corrected chi connectivity index (χ2v) is 4.44. The lowest BCUT2D eigenvalue weighted by Gasteiger charge is -2.14. The van der Waals surface area contributed by atoms with E-state index < -0.39 is 0 Å². The van der Waals surface area contributed by atoms with Crippen LogP contribution in [-0.2, 0) is 9.53 Å². The van der Waals surface area contributed by atoms with E-state index in [1.807, 2.05) is 6.92 Å². The summed E-state index contributed by atoms with van der Waals surface area (Å²) in [4.78, 5) is 11.6. The molecule has 1 amide bonds. The van der Waals surface area contributed by atoms with Gasteiger partial charge in [-0.25, -0.2) is 0 Å². The first kappa shape index (κ1) is 12.5. The van der Waals surface area contributed by atoms with Crippen LogP contribution in [-0.4, -0.2) is 31.2 Å². The predicted molar refractivity (Wildman–Crippen MR) is 59.4 cm³/mol. The lowest BCUT2D eigenvalue weighted by atomic mass is 10.1. The summed E-state index contributed by atoms with van der Waals surface area (Å²) in [6.07, 6.45) is 2.77. The summed E-state index contributed by atoms with van der Waals surface area (Å²) in [5.41, 5.74) is 5.44. The summed E-state index contributed by atoms with van der Waals surface area (Å²) < 4.78 is 5.48. The molecule has 4 heteroatoms. The fraction of sp³-hybridized carbons (Fsp3) is 0.909. The summed E-state index contributed by atoms with van der Waals surface area (Å²) in [6.45, 7) is 5.47. The third kappa shape index (κ3) is 4.18. The molecule has 0 radical (unpaired) electrons. The highest BCUT2D eigenvalue weighted by molar-refractivity contribution is 5.80. The first-order chi connectivity index (χ1) is 7.13. The van der Waals surface area contributed by atoms with Gasteiger partial charge in [0.1, 0.15) is 6.10 Å². The molecule has 0 aromatic heterocycles. The molecule has 1 rings (SSSR count). The molecule has 0 spiro atoms. The minimum absolute atomic E-state index is 0.0308. The number of nitrogens with one attached hydrogen (secondary N) is 1. The van der Waals surface area contributed by atoms with Gasteiger partial charge < -0.3 is 15.8 Å². The van der Waals surface area contributed by atoms with Crippen LogP contribution in [0.15, 0.2) is 0 Å². The fourth-order valence-corrected chi connectivity index (χ4v) is 1.77. The van der Waals surface area contributed by atoms with Crippen LogP contribution in [0.3, 0.4) is 0 Å². The molecule has 0 bridgehead atoms. The van der Waals surface area contributed by atoms with Gasteiger partial charge in [0.15, 0.2) is 0 Å². The molecule has 3 unspecified atom stereocenters. The zero-order chi connectivity index (χ0) is 11.3. The zero-order valence-electron chi connectivity index (χ0n) is 9.66. The highest BCUT2D eigenvalue weighted by atomic mass is 16.5. The summed E-state index contributed by atoms with van der Waals surface area (Å²) in [6, 6.07) is 0. The maximum absolute atomic E-state index is 11.6. The monoisotopic (exact) mass is 214 g/mol.